The predicted molar refractivity (Wildman–Crippen MR) is 151 cm³/mol. The van der Waals surface area contributed by atoms with Gasteiger partial charge in [-0.25, -0.2) is 0 Å². The smallest absolute Gasteiger partial charge is 0.256 e. The molecule has 1 fully saturated rings. The lowest BCUT2D eigenvalue weighted by molar-refractivity contribution is -0.117. The number of nitrogens with one attached hydrogen (secondary N) is 1. The number of rotatable bonds is 7. The SMILES string of the molecule is COc1cc2c(c(C(=O)Nc3cncc(Cc4ccc(-c5ccc(N6CCCC6=O)cc5)cn4)c3)c1)CC=N2. The molecule has 0 bridgehead atoms. The topological polar surface area (TPSA) is 96.8 Å². The number of benzene rings is 2. The van der Waals surface area contributed by atoms with E-state index in [-0.39, 0.29) is 11.8 Å². The Balaban J connectivity index is 1.13. The Morgan fingerprint density at radius 1 is 1.03 bits per heavy atom. The number of nitrogens with zero attached hydrogens (tertiary/aromatic N) is 4. The lowest BCUT2D eigenvalue weighted by Crippen LogP contribution is -2.23. The lowest BCUT2D eigenvalue weighted by Gasteiger charge is -2.16. The molecule has 1 N–H and O–H groups in total. The van der Waals surface area contributed by atoms with Crippen molar-refractivity contribution in [1.29, 1.82) is 0 Å². The van der Waals surface area contributed by atoms with Gasteiger partial charge < -0.3 is 15.0 Å². The van der Waals surface area contributed by atoms with Gasteiger partial charge in [-0.15, -0.1) is 0 Å². The van der Waals surface area contributed by atoms with E-state index in [0.717, 1.165) is 52.3 Å². The van der Waals surface area contributed by atoms with Gasteiger partial charge in [0.25, 0.3) is 5.91 Å². The number of hydrogen-bond donors (Lipinski definition) is 1. The molecule has 0 unspecified atom stereocenters. The number of amides is 2. The largest absolute Gasteiger partial charge is 0.497 e. The molecule has 39 heavy (non-hydrogen) atoms. The molecule has 8 nitrogen and oxygen atoms in total. The fourth-order valence-electron chi connectivity index (χ4n) is 5.03. The first kappa shape index (κ1) is 24.5. The molecule has 194 valence electrons. The Hall–Kier alpha value is -4.85. The molecule has 2 amide bonds. The molecule has 1 saturated heterocycles. The minimum Gasteiger partial charge on any atom is -0.497 e. The highest BCUT2D eigenvalue weighted by molar-refractivity contribution is 6.07. The number of methoxy groups -OCH3 is 1. The summed E-state index contributed by atoms with van der Waals surface area (Å²) in [7, 11) is 1.57. The summed E-state index contributed by atoms with van der Waals surface area (Å²) in [5.74, 6) is 0.555. The van der Waals surface area contributed by atoms with Gasteiger partial charge in [0.2, 0.25) is 5.91 Å². The molecule has 8 heteroatoms. The van der Waals surface area contributed by atoms with Crippen LogP contribution in [0.15, 0.2) is 78.2 Å². The first-order valence-electron chi connectivity index (χ1n) is 12.9. The van der Waals surface area contributed by atoms with E-state index in [0.29, 0.717) is 36.3 Å². The van der Waals surface area contributed by atoms with Gasteiger partial charge in [-0.05, 0) is 53.4 Å². The molecule has 2 aromatic carbocycles. The molecule has 0 spiro atoms. The Bertz CT molecular complexity index is 1580. The zero-order valence-corrected chi connectivity index (χ0v) is 21.6. The van der Waals surface area contributed by atoms with E-state index >= 15 is 0 Å². The highest BCUT2D eigenvalue weighted by Gasteiger charge is 2.22. The standard InChI is InChI=1S/C31H27N5O3/c1-39-26-15-28(27-10-11-33-29(27)16-26)31(38)35-24-14-20(17-32-19-24)13-23-7-4-22(18-34-23)21-5-8-25(9-6-21)36-12-2-3-30(36)37/h4-9,11,14-19H,2-3,10,12-13H2,1H3,(H,35,38). The number of ether oxygens (including phenoxy) is 1. The average Bonchev–Trinajstić information content (AvgIpc) is 3.62. The maximum Gasteiger partial charge on any atom is 0.256 e. The van der Waals surface area contributed by atoms with Crippen LogP contribution < -0.4 is 15.0 Å². The summed E-state index contributed by atoms with van der Waals surface area (Å²) in [4.78, 5) is 40.3. The van der Waals surface area contributed by atoms with Gasteiger partial charge in [-0.3, -0.25) is 24.5 Å². The maximum absolute atomic E-state index is 13.1. The minimum atomic E-state index is -0.225. The molecule has 4 aromatic rings. The Morgan fingerprint density at radius 3 is 2.62 bits per heavy atom. The van der Waals surface area contributed by atoms with Gasteiger partial charge in [-0.1, -0.05) is 18.2 Å². The van der Waals surface area contributed by atoms with E-state index in [9.17, 15) is 9.59 Å². The van der Waals surface area contributed by atoms with Crippen LogP contribution >= 0.6 is 0 Å². The summed E-state index contributed by atoms with van der Waals surface area (Å²) in [6, 6.07) is 17.6. The molecule has 2 aliphatic heterocycles. The van der Waals surface area contributed by atoms with Crippen LogP contribution in [0.5, 0.6) is 5.75 Å². The highest BCUT2D eigenvalue weighted by atomic mass is 16.5. The van der Waals surface area contributed by atoms with Crippen LogP contribution in [-0.4, -0.2) is 41.7 Å². The normalized spacial score (nSPS) is 14.0. The molecule has 0 saturated carbocycles. The van der Waals surface area contributed by atoms with Gasteiger partial charge in [0.05, 0.1) is 24.7 Å². The van der Waals surface area contributed by atoms with Crippen molar-refractivity contribution < 1.29 is 14.3 Å². The van der Waals surface area contributed by atoms with E-state index in [4.69, 9.17) is 4.74 Å². The summed E-state index contributed by atoms with van der Waals surface area (Å²) < 4.78 is 5.35. The molecule has 0 radical (unpaired) electrons. The van der Waals surface area contributed by atoms with E-state index in [1.54, 1.807) is 31.8 Å². The third-order valence-corrected chi connectivity index (χ3v) is 7.05. The maximum atomic E-state index is 13.1. The van der Waals surface area contributed by atoms with Crippen molar-refractivity contribution in [2.45, 2.75) is 25.7 Å². The van der Waals surface area contributed by atoms with Crippen molar-refractivity contribution in [2.24, 2.45) is 4.99 Å². The summed E-state index contributed by atoms with van der Waals surface area (Å²) in [5, 5.41) is 2.97. The average molecular weight is 518 g/mol. The first-order chi connectivity index (χ1) is 19.1. The zero-order chi connectivity index (χ0) is 26.8. The van der Waals surface area contributed by atoms with Crippen molar-refractivity contribution in [3.63, 3.8) is 0 Å². The van der Waals surface area contributed by atoms with Crippen molar-refractivity contribution in [1.82, 2.24) is 9.97 Å². The first-order valence-corrected chi connectivity index (χ1v) is 12.9. The van der Waals surface area contributed by atoms with Gasteiger partial charge >= 0.3 is 0 Å². The van der Waals surface area contributed by atoms with Crippen molar-refractivity contribution in [2.75, 3.05) is 23.9 Å². The lowest BCUT2D eigenvalue weighted by atomic mass is 10.0. The molecule has 4 heterocycles. The molecule has 6 rings (SSSR count). The Morgan fingerprint density at radius 2 is 1.87 bits per heavy atom. The highest BCUT2D eigenvalue weighted by Crippen LogP contribution is 2.33. The van der Waals surface area contributed by atoms with E-state index in [2.05, 4.69) is 20.3 Å². The van der Waals surface area contributed by atoms with Crippen molar-refractivity contribution in [3.05, 3.63) is 95.6 Å². The number of pyridine rings is 2. The molecular weight excluding hydrogens is 490 g/mol. The predicted octanol–water partition coefficient (Wildman–Crippen LogP) is 5.38. The number of aliphatic imine (C=N–C) groups is 1. The van der Waals surface area contributed by atoms with Crippen molar-refractivity contribution >= 4 is 35.1 Å². The van der Waals surface area contributed by atoms with Gasteiger partial charge in [0.1, 0.15) is 5.75 Å². The van der Waals surface area contributed by atoms with Crippen molar-refractivity contribution in [3.8, 4) is 16.9 Å². The molecule has 2 aliphatic rings. The number of fused-ring (bicyclic) bond motifs is 1. The monoisotopic (exact) mass is 517 g/mol. The van der Waals surface area contributed by atoms with Crippen LogP contribution in [0, 0.1) is 0 Å². The van der Waals surface area contributed by atoms with Gasteiger partial charge in [-0.2, -0.15) is 0 Å². The Labute approximate surface area is 226 Å². The fourth-order valence-corrected chi connectivity index (χ4v) is 5.03. The third kappa shape index (κ3) is 5.13. The van der Waals surface area contributed by atoms with Crippen LogP contribution in [0.4, 0.5) is 17.1 Å². The minimum absolute atomic E-state index is 0.185. The molecule has 0 atom stereocenters. The number of hydrogen-bond acceptors (Lipinski definition) is 6. The van der Waals surface area contributed by atoms with E-state index < -0.39 is 0 Å². The number of aromatic nitrogens is 2. The number of carbonyl (C=O) groups excluding carboxylic acids is 2. The van der Waals surface area contributed by atoms with E-state index in [1.165, 1.54) is 0 Å². The summed E-state index contributed by atoms with van der Waals surface area (Å²) in [5.41, 5.74) is 7.63. The van der Waals surface area contributed by atoms with Gasteiger partial charge in [0, 0.05) is 73.0 Å². The van der Waals surface area contributed by atoms with Crippen LogP contribution in [0.1, 0.15) is 40.0 Å². The number of anilines is 2. The number of carbonyl (C=O) groups is 2. The molecule has 2 aromatic heterocycles. The fraction of sp³-hybridized carbons (Fsp3) is 0.194. The second kappa shape index (κ2) is 10.5. The second-order valence-electron chi connectivity index (χ2n) is 9.64. The summed E-state index contributed by atoms with van der Waals surface area (Å²) >= 11 is 0. The van der Waals surface area contributed by atoms with Crippen LogP contribution in [-0.2, 0) is 17.6 Å². The summed E-state index contributed by atoms with van der Waals surface area (Å²) in [6.45, 7) is 0.784. The summed E-state index contributed by atoms with van der Waals surface area (Å²) in [6.07, 6.45) is 9.80. The van der Waals surface area contributed by atoms with Crippen LogP contribution in [0.2, 0.25) is 0 Å². The zero-order valence-electron chi connectivity index (χ0n) is 21.6. The van der Waals surface area contributed by atoms with Crippen LogP contribution in [0.3, 0.4) is 0 Å². The van der Waals surface area contributed by atoms with Gasteiger partial charge in [0.15, 0.2) is 0 Å². The molecule has 0 aliphatic carbocycles. The quantitative estimate of drug-likeness (QED) is 0.355. The second-order valence-corrected chi connectivity index (χ2v) is 9.64. The van der Waals surface area contributed by atoms with E-state index in [1.807, 2.05) is 59.6 Å². The Kier molecular flexibility index (Phi) is 6.59. The van der Waals surface area contributed by atoms with Crippen LogP contribution in [0.25, 0.3) is 11.1 Å². The molecular formula is C31H27N5O3. The third-order valence-electron chi connectivity index (χ3n) is 7.05.